The number of nitrogen functional groups attached to an aromatic ring is 1. The highest BCUT2D eigenvalue weighted by molar-refractivity contribution is 5.95. The van der Waals surface area contributed by atoms with Gasteiger partial charge in [0.05, 0.1) is 5.56 Å². The molecular weight excluding hydrogens is 271 g/mol. The van der Waals surface area contributed by atoms with Crippen molar-refractivity contribution >= 4 is 11.7 Å². The fraction of sp³-hybridized carbons (Fsp3) is 0.0714. The van der Waals surface area contributed by atoms with Crippen molar-refractivity contribution in [1.82, 2.24) is 0 Å². The van der Waals surface area contributed by atoms with Gasteiger partial charge in [0.15, 0.2) is 11.6 Å². The SMILES string of the molecule is Nc1cc(F)c(F)cc1C(=O)OCc1cccc(F)c1. The molecule has 104 valence electrons. The number of ether oxygens (including phenoxy) is 1. The molecule has 0 aromatic heterocycles. The van der Waals surface area contributed by atoms with Gasteiger partial charge in [-0.3, -0.25) is 0 Å². The Hall–Kier alpha value is -2.50. The van der Waals surface area contributed by atoms with Gasteiger partial charge in [0.25, 0.3) is 0 Å². The number of anilines is 1. The van der Waals surface area contributed by atoms with Gasteiger partial charge >= 0.3 is 5.97 Å². The van der Waals surface area contributed by atoms with E-state index < -0.39 is 23.4 Å². The second-order valence-electron chi connectivity index (χ2n) is 4.06. The second-order valence-corrected chi connectivity index (χ2v) is 4.06. The molecule has 0 aliphatic heterocycles. The highest BCUT2D eigenvalue weighted by atomic mass is 19.2. The van der Waals surface area contributed by atoms with Crippen LogP contribution >= 0.6 is 0 Å². The van der Waals surface area contributed by atoms with Crippen molar-refractivity contribution in [2.24, 2.45) is 0 Å². The van der Waals surface area contributed by atoms with Gasteiger partial charge in [-0.05, 0) is 23.8 Å². The zero-order valence-corrected chi connectivity index (χ0v) is 10.2. The van der Waals surface area contributed by atoms with Crippen molar-refractivity contribution in [3.63, 3.8) is 0 Å². The number of carbonyl (C=O) groups excluding carboxylic acids is 1. The lowest BCUT2D eigenvalue weighted by Gasteiger charge is -2.07. The second kappa shape index (κ2) is 5.64. The van der Waals surface area contributed by atoms with E-state index in [-0.39, 0.29) is 17.9 Å². The zero-order valence-electron chi connectivity index (χ0n) is 10.2. The maximum atomic E-state index is 13.0. The summed E-state index contributed by atoms with van der Waals surface area (Å²) in [7, 11) is 0. The van der Waals surface area contributed by atoms with Gasteiger partial charge in [-0.25, -0.2) is 18.0 Å². The Bertz CT molecular complexity index is 659. The summed E-state index contributed by atoms with van der Waals surface area (Å²) in [6.45, 7) is -0.199. The molecule has 0 aliphatic carbocycles. The molecule has 0 amide bonds. The summed E-state index contributed by atoms with van der Waals surface area (Å²) in [4.78, 5) is 11.7. The van der Waals surface area contributed by atoms with Crippen LogP contribution in [0.1, 0.15) is 15.9 Å². The maximum absolute atomic E-state index is 13.0. The van der Waals surface area contributed by atoms with Gasteiger partial charge in [-0.1, -0.05) is 12.1 Å². The van der Waals surface area contributed by atoms with Crippen LogP contribution in [0.5, 0.6) is 0 Å². The molecule has 2 rings (SSSR count). The van der Waals surface area contributed by atoms with Crippen LogP contribution in [-0.2, 0) is 11.3 Å². The zero-order chi connectivity index (χ0) is 14.7. The molecule has 6 heteroatoms. The van der Waals surface area contributed by atoms with Crippen molar-refractivity contribution in [1.29, 1.82) is 0 Å². The molecule has 0 heterocycles. The van der Waals surface area contributed by atoms with Gasteiger partial charge in [-0.15, -0.1) is 0 Å². The Labute approximate surface area is 112 Å². The predicted octanol–water partition coefficient (Wildman–Crippen LogP) is 3.04. The Balaban J connectivity index is 2.11. The van der Waals surface area contributed by atoms with Gasteiger partial charge in [-0.2, -0.15) is 0 Å². The average Bonchev–Trinajstić information content (AvgIpc) is 2.40. The predicted molar refractivity (Wildman–Crippen MR) is 66.3 cm³/mol. The van der Waals surface area contributed by atoms with Crippen LogP contribution in [0.2, 0.25) is 0 Å². The smallest absolute Gasteiger partial charge is 0.340 e. The van der Waals surface area contributed by atoms with Crippen LogP contribution in [0, 0.1) is 17.5 Å². The lowest BCUT2D eigenvalue weighted by Crippen LogP contribution is -2.09. The Morgan fingerprint density at radius 1 is 1.10 bits per heavy atom. The lowest BCUT2D eigenvalue weighted by molar-refractivity contribution is 0.0473. The van der Waals surface area contributed by atoms with Crippen molar-refractivity contribution in [2.75, 3.05) is 5.73 Å². The number of hydrogen-bond acceptors (Lipinski definition) is 3. The molecule has 0 aliphatic rings. The van der Waals surface area contributed by atoms with E-state index in [1.165, 1.54) is 18.2 Å². The van der Waals surface area contributed by atoms with Crippen molar-refractivity contribution in [3.8, 4) is 0 Å². The van der Waals surface area contributed by atoms with Crippen molar-refractivity contribution in [2.45, 2.75) is 6.61 Å². The standard InChI is InChI=1S/C14H10F3NO2/c15-9-3-1-2-8(4-9)7-20-14(19)10-5-11(16)12(17)6-13(10)18/h1-6H,7,18H2. The number of nitrogens with two attached hydrogens (primary N) is 1. The first-order valence-corrected chi connectivity index (χ1v) is 5.63. The van der Waals surface area contributed by atoms with Crippen LogP contribution < -0.4 is 5.73 Å². The fourth-order valence-electron chi connectivity index (χ4n) is 1.59. The molecule has 0 radical (unpaired) electrons. The number of halogens is 3. The molecule has 3 nitrogen and oxygen atoms in total. The summed E-state index contributed by atoms with van der Waals surface area (Å²) in [5.74, 6) is -3.72. The minimum Gasteiger partial charge on any atom is -0.457 e. The van der Waals surface area contributed by atoms with Crippen LogP contribution in [0.3, 0.4) is 0 Å². The third kappa shape index (κ3) is 3.09. The van der Waals surface area contributed by atoms with E-state index in [4.69, 9.17) is 10.5 Å². The molecule has 0 atom stereocenters. The van der Waals surface area contributed by atoms with Gasteiger partial charge in [0, 0.05) is 11.8 Å². The summed E-state index contributed by atoms with van der Waals surface area (Å²) in [5, 5.41) is 0. The molecule has 0 saturated heterocycles. The first-order chi connectivity index (χ1) is 9.47. The van der Waals surface area contributed by atoms with E-state index in [0.717, 1.165) is 0 Å². The Kier molecular flexibility index (Phi) is 3.93. The van der Waals surface area contributed by atoms with Crippen LogP contribution in [-0.4, -0.2) is 5.97 Å². The van der Waals surface area contributed by atoms with Crippen molar-refractivity contribution < 1.29 is 22.7 Å². The monoisotopic (exact) mass is 281 g/mol. The van der Waals surface area contributed by atoms with Gasteiger partial charge in [0.1, 0.15) is 12.4 Å². The Morgan fingerprint density at radius 3 is 2.50 bits per heavy atom. The molecular formula is C14H10F3NO2. The van der Waals surface area contributed by atoms with Crippen molar-refractivity contribution in [3.05, 3.63) is 65.0 Å². The number of esters is 1. The number of carbonyl (C=O) groups is 1. The van der Waals surface area contributed by atoms with Crippen LogP contribution in [0.15, 0.2) is 36.4 Å². The molecule has 2 aromatic carbocycles. The molecule has 0 fully saturated rings. The summed E-state index contributed by atoms with van der Waals surface area (Å²) < 4.78 is 43.7. The third-order valence-electron chi connectivity index (χ3n) is 2.57. The van der Waals surface area contributed by atoms with E-state index in [1.807, 2.05) is 0 Å². The lowest BCUT2D eigenvalue weighted by atomic mass is 10.1. The third-order valence-corrected chi connectivity index (χ3v) is 2.57. The number of hydrogen-bond donors (Lipinski definition) is 1. The first kappa shape index (κ1) is 13.9. The van der Waals surface area contributed by atoms with Crippen LogP contribution in [0.25, 0.3) is 0 Å². The Morgan fingerprint density at radius 2 is 1.80 bits per heavy atom. The molecule has 0 bridgehead atoms. The summed E-state index contributed by atoms with van der Waals surface area (Å²) >= 11 is 0. The summed E-state index contributed by atoms with van der Waals surface area (Å²) in [5.41, 5.74) is 5.34. The largest absolute Gasteiger partial charge is 0.457 e. The maximum Gasteiger partial charge on any atom is 0.340 e. The number of rotatable bonds is 3. The molecule has 0 spiro atoms. The highest BCUT2D eigenvalue weighted by Crippen LogP contribution is 2.18. The van der Waals surface area contributed by atoms with Gasteiger partial charge in [0.2, 0.25) is 0 Å². The van der Waals surface area contributed by atoms with E-state index >= 15 is 0 Å². The molecule has 2 N–H and O–H groups in total. The molecule has 0 unspecified atom stereocenters. The average molecular weight is 281 g/mol. The minimum atomic E-state index is -1.20. The topological polar surface area (TPSA) is 52.3 Å². The van der Waals surface area contributed by atoms with E-state index in [2.05, 4.69) is 0 Å². The normalized spacial score (nSPS) is 10.3. The summed E-state index contributed by atoms with van der Waals surface area (Å²) in [6.07, 6.45) is 0. The number of benzene rings is 2. The quantitative estimate of drug-likeness (QED) is 0.695. The van der Waals surface area contributed by atoms with E-state index in [1.54, 1.807) is 6.07 Å². The molecule has 20 heavy (non-hydrogen) atoms. The molecule has 2 aromatic rings. The minimum absolute atomic E-state index is 0.199. The van der Waals surface area contributed by atoms with E-state index in [9.17, 15) is 18.0 Å². The van der Waals surface area contributed by atoms with E-state index in [0.29, 0.717) is 17.7 Å². The van der Waals surface area contributed by atoms with Gasteiger partial charge < -0.3 is 10.5 Å². The molecule has 0 saturated carbocycles. The summed E-state index contributed by atoms with van der Waals surface area (Å²) in [6, 6.07) is 6.84. The van der Waals surface area contributed by atoms with Crippen LogP contribution in [0.4, 0.5) is 18.9 Å². The highest BCUT2D eigenvalue weighted by Gasteiger charge is 2.15. The first-order valence-electron chi connectivity index (χ1n) is 5.63. The fourth-order valence-corrected chi connectivity index (χ4v) is 1.59.